The van der Waals surface area contributed by atoms with E-state index < -0.39 is 17.2 Å². The molecule has 0 aliphatic heterocycles. The van der Waals surface area contributed by atoms with Crippen LogP contribution in [0.1, 0.15) is 26.2 Å². The third-order valence-corrected chi connectivity index (χ3v) is 3.20. The summed E-state index contributed by atoms with van der Waals surface area (Å²) in [5, 5.41) is 12.1. The van der Waals surface area contributed by atoms with Gasteiger partial charge in [0, 0.05) is 6.07 Å². The zero-order chi connectivity index (χ0) is 14.3. The lowest BCUT2D eigenvalue weighted by atomic mass is 9.92. The molecule has 0 radical (unpaired) electrons. The minimum absolute atomic E-state index is 0.0323. The van der Waals surface area contributed by atoms with Crippen molar-refractivity contribution in [3.05, 3.63) is 29.8 Å². The summed E-state index contributed by atoms with van der Waals surface area (Å²) in [4.78, 5) is 0. The summed E-state index contributed by atoms with van der Waals surface area (Å²) < 4.78 is 31.2. The van der Waals surface area contributed by atoms with Crippen LogP contribution in [-0.2, 0) is 0 Å². The number of hydrogen-bond acceptors (Lipinski definition) is 3. The van der Waals surface area contributed by atoms with Crippen LogP contribution in [0, 0.1) is 23.0 Å². The van der Waals surface area contributed by atoms with Gasteiger partial charge in [-0.25, -0.2) is 8.78 Å². The average molecular weight is 268 g/mol. The second kappa shape index (κ2) is 7.05. The van der Waals surface area contributed by atoms with Crippen LogP contribution in [0.25, 0.3) is 0 Å². The Balaban J connectivity index is 2.45. The molecule has 19 heavy (non-hydrogen) atoms. The zero-order valence-electron chi connectivity index (χ0n) is 11.2. The first-order valence-electron chi connectivity index (χ1n) is 6.25. The molecule has 5 heteroatoms. The summed E-state index contributed by atoms with van der Waals surface area (Å²) in [6.07, 6.45) is 1.91. The maximum absolute atomic E-state index is 13.3. The fourth-order valence-electron chi connectivity index (χ4n) is 1.82. The van der Waals surface area contributed by atoms with Crippen molar-refractivity contribution in [2.75, 3.05) is 13.7 Å². The first kappa shape index (κ1) is 15.4. The Morgan fingerprint density at radius 1 is 1.42 bits per heavy atom. The number of benzene rings is 1. The van der Waals surface area contributed by atoms with Gasteiger partial charge >= 0.3 is 0 Å². The maximum Gasteiger partial charge on any atom is 0.167 e. The number of rotatable bonds is 7. The van der Waals surface area contributed by atoms with Gasteiger partial charge < -0.3 is 10.1 Å². The van der Waals surface area contributed by atoms with Crippen molar-refractivity contribution in [2.45, 2.75) is 31.7 Å². The molecule has 1 rings (SSSR count). The van der Waals surface area contributed by atoms with E-state index in [1.807, 2.05) is 6.92 Å². The summed E-state index contributed by atoms with van der Waals surface area (Å²) in [6, 6.07) is 5.44. The van der Waals surface area contributed by atoms with Gasteiger partial charge in [-0.15, -0.1) is 0 Å². The molecule has 0 aromatic heterocycles. The Morgan fingerprint density at radius 3 is 2.68 bits per heavy atom. The van der Waals surface area contributed by atoms with Crippen molar-refractivity contribution >= 4 is 0 Å². The molecule has 1 atom stereocenters. The van der Waals surface area contributed by atoms with Crippen molar-refractivity contribution in [3.8, 4) is 11.8 Å². The van der Waals surface area contributed by atoms with Crippen LogP contribution in [0.3, 0.4) is 0 Å². The van der Waals surface area contributed by atoms with Crippen LogP contribution in [0.2, 0.25) is 0 Å². The van der Waals surface area contributed by atoms with E-state index in [2.05, 4.69) is 11.4 Å². The molecule has 0 saturated heterocycles. The minimum Gasteiger partial charge on any atom is -0.491 e. The average Bonchev–Trinajstić information content (AvgIpc) is 2.42. The van der Waals surface area contributed by atoms with Crippen LogP contribution >= 0.6 is 0 Å². The predicted molar refractivity (Wildman–Crippen MR) is 68.8 cm³/mol. The molecular weight excluding hydrogens is 250 g/mol. The lowest BCUT2D eigenvalue weighted by Crippen LogP contribution is -2.41. The molecule has 104 valence electrons. The number of nitrogens with one attached hydrogen (secondary N) is 1. The van der Waals surface area contributed by atoms with E-state index >= 15 is 0 Å². The maximum atomic E-state index is 13.3. The third-order valence-electron chi connectivity index (χ3n) is 3.20. The summed E-state index contributed by atoms with van der Waals surface area (Å²) in [5.74, 6) is -1.31. The van der Waals surface area contributed by atoms with Gasteiger partial charge in [-0.2, -0.15) is 5.26 Å². The highest BCUT2D eigenvalue weighted by molar-refractivity contribution is 5.24. The first-order chi connectivity index (χ1) is 9.06. The molecule has 1 unspecified atom stereocenters. The van der Waals surface area contributed by atoms with Gasteiger partial charge in [-0.05, 0) is 38.4 Å². The zero-order valence-corrected chi connectivity index (χ0v) is 11.2. The highest BCUT2D eigenvalue weighted by Gasteiger charge is 2.24. The van der Waals surface area contributed by atoms with Crippen molar-refractivity contribution < 1.29 is 13.5 Å². The first-order valence-corrected chi connectivity index (χ1v) is 6.25. The van der Waals surface area contributed by atoms with Gasteiger partial charge in [0.15, 0.2) is 11.6 Å². The number of nitriles is 1. The Hall–Kier alpha value is -1.67. The summed E-state index contributed by atoms with van der Waals surface area (Å²) in [6.45, 7) is 2.22. The Labute approximate surface area is 112 Å². The van der Waals surface area contributed by atoms with E-state index in [0.29, 0.717) is 19.3 Å². The van der Waals surface area contributed by atoms with E-state index in [9.17, 15) is 8.78 Å². The van der Waals surface area contributed by atoms with Crippen LogP contribution in [0.15, 0.2) is 18.2 Å². The van der Waals surface area contributed by atoms with Crippen molar-refractivity contribution in [1.29, 1.82) is 5.26 Å². The summed E-state index contributed by atoms with van der Waals surface area (Å²) in [5.41, 5.74) is -0.565. The molecule has 3 nitrogen and oxygen atoms in total. The highest BCUT2D eigenvalue weighted by Crippen LogP contribution is 2.19. The fourth-order valence-corrected chi connectivity index (χ4v) is 1.82. The van der Waals surface area contributed by atoms with Crippen LogP contribution in [0.4, 0.5) is 8.78 Å². The molecule has 0 bridgehead atoms. The van der Waals surface area contributed by atoms with Crippen LogP contribution in [0.5, 0.6) is 5.75 Å². The number of halogens is 2. The second-order valence-electron chi connectivity index (χ2n) is 4.32. The lowest BCUT2D eigenvalue weighted by molar-refractivity contribution is 0.270. The summed E-state index contributed by atoms with van der Waals surface area (Å²) in [7, 11) is 1.74. The Bertz CT molecular complexity index is 453. The quantitative estimate of drug-likeness (QED) is 0.773. The standard InChI is InChI=1S/C14H18F2N2O/c1-3-14(10-17,18-2)7-4-8-19-13-6-5-11(15)9-12(13)16/h5-6,9,18H,3-4,7-8H2,1-2H3. The topological polar surface area (TPSA) is 45.0 Å². The molecule has 0 aliphatic carbocycles. The van der Waals surface area contributed by atoms with E-state index in [-0.39, 0.29) is 12.4 Å². The van der Waals surface area contributed by atoms with Gasteiger partial charge in [0.25, 0.3) is 0 Å². The second-order valence-corrected chi connectivity index (χ2v) is 4.32. The van der Waals surface area contributed by atoms with Gasteiger partial charge in [0.05, 0.1) is 12.7 Å². The fraction of sp³-hybridized carbons (Fsp3) is 0.500. The molecular formula is C14H18F2N2O. The molecule has 0 amide bonds. The molecule has 1 N–H and O–H groups in total. The van der Waals surface area contributed by atoms with E-state index in [1.54, 1.807) is 7.05 Å². The minimum atomic E-state index is -0.712. The Morgan fingerprint density at radius 2 is 2.16 bits per heavy atom. The van der Waals surface area contributed by atoms with Gasteiger partial charge in [-0.1, -0.05) is 6.92 Å². The van der Waals surface area contributed by atoms with Crippen molar-refractivity contribution in [2.24, 2.45) is 0 Å². The van der Waals surface area contributed by atoms with Crippen LogP contribution < -0.4 is 10.1 Å². The van der Waals surface area contributed by atoms with Gasteiger partial charge in [0.2, 0.25) is 0 Å². The van der Waals surface area contributed by atoms with E-state index in [0.717, 1.165) is 12.1 Å². The molecule has 0 heterocycles. The Kier molecular flexibility index (Phi) is 5.71. The van der Waals surface area contributed by atoms with Gasteiger partial charge in [-0.3, -0.25) is 0 Å². The molecule has 0 aliphatic rings. The third kappa shape index (κ3) is 4.18. The summed E-state index contributed by atoms with van der Waals surface area (Å²) >= 11 is 0. The largest absolute Gasteiger partial charge is 0.491 e. The predicted octanol–water partition coefficient (Wildman–Crippen LogP) is 3.02. The monoisotopic (exact) mass is 268 g/mol. The van der Waals surface area contributed by atoms with E-state index in [4.69, 9.17) is 10.00 Å². The van der Waals surface area contributed by atoms with E-state index in [1.165, 1.54) is 6.07 Å². The molecule has 0 saturated carbocycles. The normalized spacial score (nSPS) is 13.6. The smallest absolute Gasteiger partial charge is 0.167 e. The SMILES string of the molecule is CCC(C#N)(CCCOc1ccc(F)cc1F)NC. The van der Waals surface area contributed by atoms with Crippen molar-refractivity contribution in [1.82, 2.24) is 5.32 Å². The number of nitrogens with zero attached hydrogens (tertiary/aromatic N) is 1. The molecule has 1 aromatic rings. The number of hydrogen-bond donors (Lipinski definition) is 1. The molecule has 1 aromatic carbocycles. The molecule has 0 fully saturated rings. The van der Waals surface area contributed by atoms with Crippen LogP contribution in [-0.4, -0.2) is 19.2 Å². The van der Waals surface area contributed by atoms with Crippen molar-refractivity contribution in [3.63, 3.8) is 0 Å². The highest BCUT2D eigenvalue weighted by atomic mass is 19.1. The van der Waals surface area contributed by atoms with Gasteiger partial charge in [0.1, 0.15) is 11.4 Å². The molecule has 0 spiro atoms. The number of ether oxygens (including phenoxy) is 1. The lowest BCUT2D eigenvalue weighted by Gasteiger charge is -2.24.